The van der Waals surface area contributed by atoms with Gasteiger partial charge in [0.05, 0.1) is 23.5 Å². The van der Waals surface area contributed by atoms with Crippen LogP contribution in [0.15, 0.2) is 67.0 Å². The maximum atomic E-state index is 14.3. The van der Waals surface area contributed by atoms with Crippen LogP contribution < -0.4 is 5.32 Å². The molecule has 1 aliphatic heterocycles. The number of hydrogen-bond donors (Lipinski definition) is 1. The van der Waals surface area contributed by atoms with Crippen LogP contribution in [-0.2, 0) is 12.6 Å². The minimum Gasteiger partial charge on any atom is -0.313 e. The molecular formula is C22H17F4N3O. The van der Waals surface area contributed by atoms with E-state index in [1.54, 1.807) is 30.5 Å². The van der Waals surface area contributed by atoms with Gasteiger partial charge < -0.3 is 10.2 Å². The van der Waals surface area contributed by atoms with Crippen molar-refractivity contribution in [2.24, 2.45) is 0 Å². The predicted molar refractivity (Wildman–Crippen MR) is 103 cm³/mol. The molecule has 0 radical (unpaired) electrons. The second-order valence-electron chi connectivity index (χ2n) is 6.95. The SMILES string of the molecule is O=C(Nc1cccnc1)N1CCc2ccccc2C1c1ccc(C(F)(F)F)c(F)c1. The van der Waals surface area contributed by atoms with Crippen molar-refractivity contribution < 1.29 is 22.4 Å². The normalized spacial score (nSPS) is 16.1. The van der Waals surface area contributed by atoms with E-state index in [4.69, 9.17) is 0 Å². The fraction of sp³-hybridized carbons (Fsp3) is 0.182. The number of halogens is 4. The second-order valence-corrected chi connectivity index (χ2v) is 6.95. The van der Waals surface area contributed by atoms with Crippen LogP contribution in [-0.4, -0.2) is 22.5 Å². The van der Waals surface area contributed by atoms with Gasteiger partial charge in [0.15, 0.2) is 0 Å². The summed E-state index contributed by atoms with van der Waals surface area (Å²) in [6.45, 7) is 0.330. The molecule has 1 unspecified atom stereocenters. The smallest absolute Gasteiger partial charge is 0.313 e. The van der Waals surface area contributed by atoms with Crippen molar-refractivity contribution in [1.82, 2.24) is 9.88 Å². The highest BCUT2D eigenvalue weighted by atomic mass is 19.4. The van der Waals surface area contributed by atoms with E-state index in [1.807, 2.05) is 12.1 Å². The summed E-state index contributed by atoms with van der Waals surface area (Å²) in [4.78, 5) is 18.4. The van der Waals surface area contributed by atoms with Crippen LogP contribution >= 0.6 is 0 Å². The number of hydrogen-bond acceptors (Lipinski definition) is 2. The monoisotopic (exact) mass is 415 g/mol. The molecule has 30 heavy (non-hydrogen) atoms. The highest BCUT2D eigenvalue weighted by Crippen LogP contribution is 2.38. The summed E-state index contributed by atoms with van der Waals surface area (Å²) < 4.78 is 53.3. The summed E-state index contributed by atoms with van der Waals surface area (Å²) in [7, 11) is 0. The van der Waals surface area contributed by atoms with E-state index in [2.05, 4.69) is 10.3 Å². The summed E-state index contributed by atoms with van der Waals surface area (Å²) >= 11 is 0. The van der Waals surface area contributed by atoms with Crippen molar-refractivity contribution in [2.75, 3.05) is 11.9 Å². The molecule has 3 aromatic rings. The number of carbonyl (C=O) groups is 1. The maximum Gasteiger partial charge on any atom is 0.419 e. The molecule has 2 heterocycles. The Hall–Kier alpha value is -3.42. The van der Waals surface area contributed by atoms with Crippen LogP contribution in [0.3, 0.4) is 0 Å². The number of benzene rings is 2. The van der Waals surface area contributed by atoms with Crippen molar-refractivity contribution in [3.63, 3.8) is 0 Å². The molecule has 1 aromatic heterocycles. The summed E-state index contributed by atoms with van der Waals surface area (Å²) in [5.74, 6) is -1.37. The zero-order valence-electron chi connectivity index (χ0n) is 15.7. The molecule has 0 saturated heterocycles. The minimum atomic E-state index is -4.79. The lowest BCUT2D eigenvalue weighted by atomic mass is 9.88. The minimum absolute atomic E-state index is 0.272. The van der Waals surface area contributed by atoms with E-state index < -0.39 is 29.6 Å². The van der Waals surface area contributed by atoms with Crippen LogP contribution in [0.1, 0.15) is 28.3 Å². The number of alkyl halides is 3. The highest BCUT2D eigenvalue weighted by Gasteiger charge is 2.36. The number of carbonyl (C=O) groups excluding carboxylic acids is 1. The largest absolute Gasteiger partial charge is 0.419 e. The van der Waals surface area contributed by atoms with E-state index in [1.165, 1.54) is 17.2 Å². The molecular weight excluding hydrogens is 398 g/mol. The van der Waals surface area contributed by atoms with Crippen molar-refractivity contribution in [1.29, 1.82) is 0 Å². The molecule has 4 rings (SSSR count). The lowest BCUT2D eigenvalue weighted by Gasteiger charge is -2.37. The van der Waals surface area contributed by atoms with E-state index >= 15 is 0 Å². The number of nitrogens with zero attached hydrogens (tertiary/aromatic N) is 2. The topological polar surface area (TPSA) is 45.2 Å². The second kappa shape index (κ2) is 7.78. The maximum absolute atomic E-state index is 14.3. The third-order valence-corrected chi connectivity index (χ3v) is 5.07. The van der Waals surface area contributed by atoms with Crippen LogP contribution in [0.4, 0.5) is 28.0 Å². The fourth-order valence-corrected chi connectivity index (χ4v) is 3.71. The van der Waals surface area contributed by atoms with Crippen LogP contribution in [0, 0.1) is 5.82 Å². The first-order chi connectivity index (χ1) is 14.3. The van der Waals surface area contributed by atoms with Crippen LogP contribution in [0.2, 0.25) is 0 Å². The first-order valence-corrected chi connectivity index (χ1v) is 9.26. The van der Waals surface area contributed by atoms with Crippen LogP contribution in [0.25, 0.3) is 0 Å². The quantitative estimate of drug-likeness (QED) is 0.568. The number of nitrogens with one attached hydrogen (secondary N) is 1. The highest BCUT2D eigenvalue weighted by molar-refractivity contribution is 5.90. The Balaban J connectivity index is 1.74. The predicted octanol–water partition coefficient (Wildman–Crippen LogP) is 5.42. The van der Waals surface area contributed by atoms with Gasteiger partial charge in [0.1, 0.15) is 5.82 Å². The number of anilines is 1. The average molecular weight is 415 g/mol. The van der Waals surface area contributed by atoms with Gasteiger partial charge >= 0.3 is 12.2 Å². The van der Waals surface area contributed by atoms with E-state index in [0.29, 0.717) is 18.7 Å². The molecule has 0 saturated carbocycles. The molecule has 154 valence electrons. The Morgan fingerprint density at radius 1 is 1.10 bits per heavy atom. The average Bonchev–Trinajstić information content (AvgIpc) is 2.72. The van der Waals surface area contributed by atoms with Crippen molar-refractivity contribution >= 4 is 11.7 Å². The number of urea groups is 1. The van der Waals surface area contributed by atoms with Gasteiger partial charge in [0.25, 0.3) is 0 Å². The molecule has 0 spiro atoms. The molecule has 1 N–H and O–H groups in total. The fourth-order valence-electron chi connectivity index (χ4n) is 3.71. The number of rotatable bonds is 2. The zero-order valence-corrected chi connectivity index (χ0v) is 15.7. The number of amides is 2. The summed E-state index contributed by atoms with van der Waals surface area (Å²) in [5.41, 5.74) is 1.15. The standard InChI is InChI=1S/C22H17F4N3O/c23-19-12-15(7-8-18(19)22(24,25)26)20-17-6-2-1-4-14(17)9-11-29(20)21(30)28-16-5-3-10-27-13-16/h1-8,10,12-13,20H,9,11H2,(H,28,30). The first kappa shape index (κ1) is 19.9. The Labute approximate surface area is 170 Å². The van der Waals surface area contributed by atoms with Crippen LogP contribution in [0.5, 0.6) is 0 Å². The van der Waals surface area contributed by atoms with Gasteiger partial charge in [-0.25, -0.2) is 9.18 Å². The molecule has 2 aromatic carbocycles. The summed E-state index contributed by atoms with van der Waals surface area (Å²) in [6.07, 6.45) is -1.15. The van der Waals surface area contributed by atoms with Gasteiger partial charge in [0, 0.05) is 12.7 Å². The molecule has 2 amide bonds. The molecule has 0 fully saturated rings. The Morgan fingerprint density at radius 2 is 1.90 bits per heavy atom. The van der Waals surface area contributed by atoms with E-state index in [9.17, 15) is 22.4 Å². The molecule has 8 heteroatoms. The summed E-state index contributed by atoms with van der Waals surface area (Å²) in [6, 6.07) is 12.3. The molecule has 0 bridgehead atoms. The Morgan fingerprint density at radius 3 is 2.60 bits per heavy atom. The summed E-state index contributed by atoms with van der Waals surface area (Å²) in [5, 5.41) is 2.74. The Bertz CT molecular complexity index is 1070. The third kappa shape index (κ3) is 3.85. The molecule has 4 nitrogen and oxygen atoms in total. The number of pyridine rings is 1. The Kier molecular flexibility index (Phi) is 5.15. The van der Waals surface area contributed by atoms with Crippen molar-refractivity contribution in [3.05, 3.63) is 95.1 Å². The van der Waals surface area contributed by atoms with Gasteiger partial charge in [0.2, 0.25) is 0 Å². The van der Waals surface area contributed by atoms with Gasteiger partial charge in [-0.1, -0.05) is 30.3 Å². The van der Waals surface area contributed by atoms with Gasteiger partial charge in [-0.2, -0.15) is 13.2 Å². The molecule has 0 aliphatic carbocycles. The number of fused-ring (bicyclic) bond motifs is 1. The van der Waals surface area contributed by atoms with Crippen molar-refractivity contribution in [2.45, 2.75) is 18.6 Å². The lowest BCUT2D eigenvalue weighted by Crippen LogP contribution is -2.43. The van der Waals surface area contributed by atoms with Gasteiger partial charge in [-0.3, -0.25) is 4.98 Å². The van der Waals surface area contributed by atoms with E-state index in [-0.39, 0.29) is 5.56 Å². The number of aromatic nitrogens is 1. The first-order valence-electron chi connectivity index (χ1n) is 9.26. The van der Waals surface area contributed by atoms with Gasteiger partial charge in [-0.05, 0) is 47.4 Å². The van der Waals surface area contributed by atoms with E-state index in [0.717, 1.165) is 23.3 Å². The van der Waals surface area contributed by atoms with Crippen molar-refractivity contribution in [3.8, 4) is 0 Å². The third-order valence-electron chi connectivity index (χ3n) is 5.07. The zero-order chi connectivity index (χ0) is 21.3. The molecule has 1 atom stereocenters. The molecule has 1 aliphatic rings. The lowest BCUT2D eigenvalue weighted by molar-refractivity contribution is -0.140. The van der Waals surface area contributed by atoms with Gasteiger partial charge in [-0.15, -0.1) is 0 Å².